The van der Waals surface area contributed by atoms with Crippen molar-refractivity contribution in [2.75, 3.05) is 6.54 Å². The van der Waals surface area contributed by atoms with Crippen LogP contribution in [0.25, 0.3) is 0 Å². The Balaban J connectivity index is 1.59. The Hall–Kier alpha value is -1.76. The van der Waals surface area contributed by atoms with Crippen LogP contribution >= 0.6 is 11.3 Å². The summed E-state index contributed by atoms with van der Waals surface area (Å²) in [4.78, 5) is 17.4. The molecule has 6 nitrogen and oxygen atoms in total. The van der Waals surface area contributed by atoms with Crippen molar-refractivity contribution in [1.82, 2.24) is 25.1 Å². The monoisotopic (exact) mass is 319 g/mol. The number of nitrogens with zero attached hydrogens (tertiary/aromatic N) is 4. The van der Waals surface area contributed by atoms with Crippen molar-refractivity contribution < 1.29 is 4.79 Å². The highest BCUT2D eigenvalue weighted by atomic mass is 32.1. The lowest BCUT2D eigenvalue weighted by Gasteiger charge is -2.17. The van der Waals surface area contributed by atoms with E-state index >= 15 is 0 Å². The molecule has 1 fully saturated rings. The van der Waals surface area contributed by atoms with Gasteiger partial charge in [-0.15, -0.1) is 21.5 Å². The third kappa shape index (κ3) is 3.19. The zero-order valence-electron chi connectivity index (χ0n) is 13.2. The van der Waals surface area contributed by atoms with Gasteiger partial charge in [0, 0.05) is 24.4 Å². The number of rotatable bonds is 5. The van der Waals surface area contributed by atoms with Gasteiger partial charge in [0.1, 0.15) is 17.0 Å². The average molecular weight is 319 g/mol. The van der Waals surface area contributed by atoms with E-state index in [4.69, 9.17) is 0 Å². The molecule has 0 spiro atoms. The summed E-state index contributed by atoms with van der Waals surface area (Å²) in [6, 6.07) is 0.565. The lowest BCUT2D eigenvalue weighted by atomic mass is 9.91. The second-order valence-corrected chi connectivity index (χ2v) is 7.53. The summed E-state index contributed by atoms with van der Waals surface area (Å²) in [5.74, 6) is 0.896. The van der Waals surface area contributed by atoms with E-state index in [1.165, 1.54) is 24.2 Å². The number of amides is 1. The van der Waals surface area contributed by atoms with Gasteiger partial charge in [-0.05, 0) is 12.8 Å². The predicted molar refractivity (Wildman–Crippen MR) is 85.1 cm³/mol. The molecule has 2 heterocycles. The van der Waals surface area contributed by atoms with Gasteiger partial charge < -0.3 is 9.88 Å². The summed E-state index contributed by atoms with van der Waals surface area (Å²) in [7, 11) is 0. The van der Waals surface area contributed by atoms with Crippen molar-refractivity contribution in [3.63, 3.8) is 0 Å². The van der Waals surface area contributed by atoms with Gasteiger partial charge in [0.05, 0.1) is 11.2 Å². The number of aromatic nitrogens is 4. The number of nitrogens with one attached hydrogen (secondary N) is 1. The Morgan fingerprint density at radius 3 is 2.91 bits per heavy atom. The standard InChI is InChI=1S/C15H21N5OS/c1-15(2,3)13-12(22-9-17-13)14(21)16-7-6-11-19-18-8-20(11)10-4-5-10/h8-10H,4-7H2,1-3H3,(H,16,21). The maximum Gasteiger partial charge on any atom is 0.263 e. The Bertz CT molecular complexity index is 666. The van der Waals surface area contributed by atoms with Gasteiger partial charge in [-0.2, -0.15) is 0 Å². The number of carbonyl (C=O) groups excluding carboxylic acids is 1. The predicted octanol–water partition coefficient (Wildman–Crippen LogP) is 2.34. The van der Waals surface area contributed by atoms with Crippen molar-refractivity contribution in [2.45, 2.75) is 51.5 Å². The third-order valence-electron chi connectivity index (χ3n) is 3.71. The highest BCUT2D eigenvalue weighted by Crippen LogP contribution is 2.35. The summed E-state index contributed by atoms with van der Waals surface area (Å²) in [5.41, 5.74) is 2.47. The summed E-state index contributed by atoms with van der Waals surface area (Å²) in [5, 5.41) is 11.1. The lowest BCUT2D eigenvalue weighted by Crippen LogP contribution is -2.28. The minimum absolute atomic E-state index is 0.0510. The van der Waals surface area contributed by atoms with E-state index in [-0.39, 0.29) is 11.3 Å². The van der Waals surface area contributed by atoms with E-state index < -0.39 is 0 Å². The van der Waals surface area contributed by atoms with Crippen molar-refractivity contribution in [3.8, 4) is 0 Å². The summed E-state index contributed by atoms with van der Waals surface area (Å²) < 4.78 is 2.12. The topological polar surface area (TPSA) is 72.7 Å². The maximum atomic E-state index is 12.3. The molecule has 0 aliphatic heterocycles. The van der Waals surface area contributed by atoms with Gasteiger partial charge in [0.15, 0.2) is 0 Å². The first kappa shape index (κ1) is 15.1. The Morgan fingerprint density at radius 2 is 2.23 bits per heavy atom. The van der Waals surface area contributed by atoms with Crippen LogP contribution in [0.5, 0.6) is 0 Å². The zero-order valence-corrected chi connectivity index (χ0v) is 14.0. The molecule has 2 aromatic heterocycles. The normalized spacial score (nSPS) is 15.0. The highest BCUT2D eigenvalue weighted by Gasteiger charge is 2.26. The summed E-state index contributed by atoms with van der Waals surface area (Å²) in [6.45, 7) is 6.76. The average Bonchev–Trinajstić information content (AvgIpc) is 3.00. The molecule has 7 heteroatoms. The van der Waals surface area contributed by atoms with E-state index in [0.29, 0.717) is 23.9 Å². The molecule has 1 saturated carbocycles. The van der Waals surface area contributed by atoms with Gasteiger partial charge >= 0.3 is 0 Å². The van der Waals surface area contributed by atoms with Crippen molar-refractivity contribution in [1.29, 1.82) is 0 Å². The van der Waals surface area contributed by atoms with E-state index in [2.05, 4.69) is 45.8 Å². The summed E-state index contributed by atoms with van der Waals surface area (Å²) >= 11 is 1.39. The molecule has 22 heavy (non-hydrogen) atoms. The summed E-state index contributed by atoms with van der Waals surface area (Å²) in [6.07, 6.45) is 4.89. The molecular weight excluding hydrogens is 298 g/mol. The van der Waals surface area contributed by atoms with Crippen LogP contribution in [-0.4, -0.2) is 32.2 Å². The number of carbonyl (C=O) groups is 1. The maximum absolute atomic E-state index is 12.3. The molecule has 0 atom stereocenters. The number of hydrogen-bond acceptors (Lipinski definition) is 5. The van der Waals surface area contributed by atoms with Crippen LogP contribution in [0.2, 0.25) is 0 Å². The van der Waals surface area contributed by atoms with Crippen LogP contribution in [0.15, 0.2) is 11.8 Å². The molecule has 0 saturated heterocycles. The van der Waals surface area contributed by atoms with Crippen LogP contribution in [0.3, 0.4) is 0 Å². The van der Waals surface area contributed by atoms with Gasteiger partial charge in [-0.25, -0.2) is 4.98 Å². The van der Waals surface area contributed by atoms with Crippen LogP contribution < -0.4 is 5.32 Å². The molecule has 0 unspecified atom stereocenters. The van der Waals surface area contributed by atoms with Crippen molar-refractivity contribution >= 4 is 17.2 Å². The molecule has 2 aromatic rings. The van der Waals surface area contributed by atoms with Crippen LogP contribution in [0.4, 0.5) is 0 Å². The first-order valence-electron chi connectivity index (χ1n) is 7.57. The van der Waals surface area contributed by atoms with E-state index in [9.17, 15) is 4.79 Å². The molecule has 1 aliphatic carbocycles. The van der Waals surface area contributed by atoms with Gasteiger partial charge in [0.2, 0.25) is 0 Å². The molecular formula is C15H21N5OS. The quantitative estimate of drug-likeness (QED) is 0.918. The molecule has 0 aromatic carbocycles. The largest absolute Gasteiger partial charge is 0.351 e. The van der Waals surface area contributed by atoms with E-state index in [1.807, 2.05) is 0 Å². The SMILES string of the molecule is CC(C)(C)c1ncsc1C(=O)NCCc1nncn1C1CC1. The van der Waals surface area contributed by atoms with Crippen LogP contribution in [0.1, 0.15) is 60.8 Å². The second-order valence-electron chi connectivity index (χ2n) is 6.67. The van der Waals surface area contributed by atoms with Gasteiger partial charge in [-0.1, -0.05) is 20.8 Å². The molecule has 1 N–H and O–H groups in total. The van der Waals surface area contributed by atoms with Gasteiger partial charge in [0.25, 0.3) is 5.91 Å². The van der Waals surface area contributed by atoms with Crippen molar-refractivity contribution in [2.24, 2.45) is 0 Å². The Kier molecular flexibility index (Phi) is 3.99. The van der Waals surface area contributed by atoms with E-state index in [0.717, 1.165) is 11.5 Å². The van der Waals surface area contributed by atoms with Crippen LogP contribution in [-0.2, 0) is 11.8 Å². The number of hydrogen-bond donors (Lipinski definition) is 1. The molecule has 3 rings (SSSR count). The fourth-order valence-corrected chi connectivity index (χ4v) is 3.33. The first-order valence-corrected chi connectivity index (χ1v) is 8.45. The van der Waals surface area contributed by atoms with E-state index in [1.54, 1.807) is 11.8 Å². The Labute approximate surface area is 134 Å². The molecule has 0 bridgehead atoms. The first-order chi connectivity index (χ1) is 10.5. The fourth-order valence-electron chi connectivity index (χ4n) is 2.41. The molecule has 118 valence electrons. The third-order valence-corrected chi connectivity index (χ3v) is 4.53. The van der Waals surface area contributed by atoms with Crippen LogP contribution in [0, 0.1) is 0 Å². The zero-order chi connectivity index (χ0) is 15.7. The van der Waals surface area contributed by atoms with Gasteiger partial charge in [-0.3, -0.25) is 4.79 Å². The number of thiazole rings is 1. The highest BCUT2D eigenvalue weighted by molar-refractivity contribution is 7.11. The van der Waals surface area contributed by atoms with Crippen molar-refractivity contribution in [3.05, 3.63) is 28.2 Å². The lowest BCUT2D eigenvalue weighted by molar-refractivity contribution is 0.0955. The minimum atomic E-state index is -0.126. The molecule has 1 aliphatic rings. The fraction of sp³-hybridized carbons (Fsp3) is 0.600. The molecule has 0 radical (unpaired) electrons. The second kappa shape index (κ2) is 5.79. The smallest absolute Gasteiger partial charge is 0.263 e. The molecule has 1 amide bonds. The minimum Gasteiger partial charge on any atom is -0.351 e. The Morgan fingerprint density at radius 1 is 1.45 bits per heavy atom.